The minimum atomic E-state index is -0.358. The molecule has 4 rings (SSSR count). The van der Waals surface area contributed by atoms with Crippen LogP contribution in [-0.4, -0.2) is 17.7 Å². The highest BCUT2D eigenvalue weighted by Gasteiger charge is 2.37. The van der Waals surface area contributed by atoms with Crippen LogP contribution in [0.4, 0.5) is 11.4 Å². The summed E-state index contributed by atoms with van der Waals surface area (Å²) in [7, 11) is 0. The van der Waals surface area contributed by atoms with E-state index in [2.05, 4.69) is 5.32 Å². The van der Waals surface area contributed by atoms with Gasteiger partial charge in [0.2, 0.25) is 5.91 Å². The molecule has 3 amide bonds. The fraction of sp³-hybridized carbons (Fsp3) is 0.250. The van der Waals surface area contributed by atoms with Crippen LogP contribution in [0.25, 0.3) is 0 Å². The lowest BCUT2D eigenvalue weighted by atomic mass is 10.1. The van der Waals surface area contributed by atoms with E-state index in [-0.39, 0.29) is 23.6 Å². The van der Waals surface area contributed by atoms with Crippen LogP contribution < -0.4 is 10.2 Å². The average Bonchev–Trinajstić information content (AvgIpc) is 3.25. The Morgan fingerprint density at radius 1 is 0.880 bits per heavy atom. The van der Waals surface area contributed by atoms with Crippen molar-refractivity contribution in [1.29, 1.82) is 0 Å². The third-order valence-corrected chi connectivity index (χ3v) is 4.92. The number of hydrogen-bond donors (Lipinski definition) is 1. The zero-order chi connectivity index (χ0) is 17.4. The monoisotopic (exact) mass is 334 g/mol. The van der Waals surface area contributed by atoms with Crippen LogP contribution in [0.1, 0.15) is 46.4 Å². The quantitative estimate of drug-likeness (QED) is 0.872. The SMILES string of the molecule is O=C(Nc1ccccc1N1C(=O)c2ccccc2C1=O)C1CCCC1. The van der Waals surface area contributed by atoms with Crippen molar-refractivity contribution in [1.82, 2.24) is 0 Å². The summed E-state index contributed by atoms with van der Waals surface area (Å²) in [5.41, 5.74) is 1.70. The van der Waals surface area contributed by atoms with Gasteiger partial charge >= 0.3 is 0 Å². The predicted octanol–water partition coefficient (Wildman–Crippen LogP) is 3.62. The molecule has 1 fully saturated rings. The summed E-state index contributed by atoms with van der Waals surface area (Å²) in [6.45, 7) is 0. The Morgan fingerprint density at radius 3 is 2.08 bits per heavy atom. The molecule has 0 bridgehead atoms. The first-order valence-electron chi connectivity index (χ1n) is 8.54. The molecule has 1 saturated carbocycles. The van der Waals surface area contributed by atoms with Gasteiger partial charge in [-0.2, -0.15) is 0 Å². The molecule has 1 aliphatic carbocycles. The van der Waals surface area contributed by atoms with Gasteiger partial charge in [0, 0.05) is 5.92 Å². The number of fused-ring (bicyclic) bond motifs is 1. The van der Waals surface area contributed by atoms with Gasteiger partial charge in [-0.3, -0.25) is 14.4 Å². The third kappa shape index (κ3) is 2.61. The van der Waals surface area contributed by atoms with E-state index >= 15 is 0 Å². The van der Waals surface area contributed by atoms with E-state index in [1.54, 1.807) is 48.5 Å². The number of carbonyl (C=O) groups is 3. The average molecular weight is 334 g/mol. The highest BCUT2D eigenvalue weighted by Crippen LogP contribution is 2.34. The number of rotatable bonds is 3. The van der Waals surface area contributed by atoms with Gasteiger partial charge in [0.1, 0.15) is 0 Å². The zero-order valence-corrected chi connectivity index (χ0v) is 13.7. The van der Waals surface area contributed by atoms with Crippen LogP contribution in [0.5, 0.6) is 0 Å². The Bertz CT molecular complexity index is 834. The summed E-state index contributed by atoms with van der Waals surface area (Å²) in [6, 6.07) is 13.7. The lowest BCUT2D eigenvalue weighted by molar-refractivity contribution is -0.119. The van der Waals surface area contributed by atoms with Crippen LogP contribution >= 0.6 is 0 Å². The van der Waals surface area contributed by atoms with Gasteiger partial charge in [0.05, 0.1) is 22.5 Å². The van der Waals surface area contributed by atoms with E-state index in [1.807, 2.05) is 0 Å². The van der Waals surface area contributed by atoms with Crippen LogP contribution in [0, 0.1) is 5.92 Å². The predicted molar refractivity (Wildman–Crippen MR) is 94.6 cm³/mol. The summed E-state index contributed by atoms with van der Waals surface area (Å²) in [5.74, 6) is -0.747. The number of amides is 3. The maximum Gasteiger partial charge on any atom is 0.266 e. The van der Waals surface area contributed by atoms with E-state index in [4.69, 9.17) is 0 Å². The normalized spacial score (nSPS) is 17.0. The van der Waals surface area contributed by atoms with Gasteiger partial charge in [-0.15, -0.1) is 0 Å². The van der Waals surface area contributed by atoms with Gasteiger partial charge < -0.3 is 5.32 Å². The maximum absolute atomic E-state index is 12.7. The smallest absolute Gasteiger partial charge is 0.266 e. The van der Waals surface area contributed by atoms with Gasteiger partial charge in [-0.1, -0.05) is 37.1 Å². The molecule has 0 atom stereocenters. The number of benzene rings is 2. The lowest BCUT2D eigenvalue weighted by Crippen LogP contribution is -2.31. The molecule has 25 heavy (non-hydrogen) atoms. The molecule has 0 unspecified atom stereocenters. The Morgan fingerprint density at radius 2 is 1.44 bits per heavy atom. The minimum absolute atomic E-state index is 0.00948. The van der Waals surface area contributed by atoms with Crippen molar-refractivity contribution in [2.75, 3.05) is 10.2 Å². The van der Waals surface area contributed by atoms with Crippen LogP contribution in [-0.2, 0) is 4.79 Å². The summed E-state index contributed by atoms with van der Waals surface area (Å²) in [6.07, 6.45) is 3.91. The summed E-state index contributed by atoms with van der Waals surface area (Å²) >= 11 is 0. The number of para-hydroxylation sites is 2. The summed E-state index contributed by atoms with van der Waals surface area (Å²) in [4.78, 5) is 39.0. The molecule has 0 spiro atoms. The number of nitrogens with one attached hydrogen (secondary N) is 1. The third-order valence-electron chi connectivity index (χ3n) is 4.92. The largest absolute Gasteiger partial charge is 0.324 e. The lowest BCUT2D eigenvalue weighted by Gasteiger charge is -2.19. The molecule has 5 nitrogen and oxygen atoms in total. The van der Waals surface area contributed by atoms with E-state index in [0.29, 0.717) is 22.5 Å². The molecule has 1 N–H and O–H groups in total. The summed E-state index contributed by atoms with van der Waals surface area (Å²) < 4.78 is 0. The second-order valence-electron chi connectivity index (χ2n) is 6.48. The number of nitrogens with zero attached hydrogens (tertiary/aromatic N) is 1. The molecule has 0 radical (unpaired) electrons. The van der Waals surface area contributed by atoms with Gasteiger partial charge in [-0.05, 0) is 37.1 Å². The Kier molecular flexibility index (Phi) is 3.84. The number of carbonyl (C=O) groups excluding carboxylic acids is 3. The van der Waals surface area contributed by atoms with Crippen molar-refractivity contribution in [3.63, 3.8) is 0 Å². The molecule has 2 aromatic carbocycles. The van der Waals surface area contributed by atoms with Crippen molar-refractivity contribution in [3.8, 4) is 0 Å². The van der Waals surface area contributed by atoms with Crippen molar-refractivity contribution < 1.29 is 14.4 Å². The molecule has 2 aromatic rings. The van der Waals surface area contributed by atoms with Crippen LogP contribution in [0.2, 0.25) is 0 Å². The van der Waals surface area contributed by atoms with E-state index in [9.17, 15) is 14.4 Å². The Labute approximate surface area is 145 Å². The molecule has 2 aliphatic rings. The summed E-state index contributed by atoms with van der Waals surface area (Å²) in [5, 5.41) is 2.91. The zero-order valence-electron chi connectivity index (χ0n) is 13.7. The number of imide groups is 1. The molecule has 1 heterocycles. The van der Waals surface area contributed by atoms with Crippen molar-refractivity contribution in [3.05, 3.63) is 59.7 Å². The Hall–Kier alpha value is -2.95. The van der Waals surface area contributed by atoms with E-state index in [0.717, 1.165) is 30.6 Å². The fourth-order valence-corrected chi connectivity index (χ4v) is 3.61. The van der Waals surface area contributed by atoms with Gasteiger partial charge in [0.15, 0.2) is 0 Å². The number of anilines is 2. The van der Waals surface area contributed by atoms with Crippen LogP contribution in [0.3, 0.4) is 0 Å². The highest BCUT2D eigenvalue weighted by molar-refractivity contribution is 6.35. The maximum atomic E-state index is 12.7. The van der Waals surface area contributed by atoms with Gasteiger partial charge in [-0.25, -0.2) is 4.90 Å². The first-order chi connectivity index (χ1) is 12.2. The fourth-order valence-electron chi connectivity index (χ4n) is 3.61. The van der Waals surface area contributed by atoms with Crippen molar-refractivity contribution in [2.45, 2.75) is 25.7 Å². The minimum Gasteiger partial charge on any atom is -0.324 e. The van der Waals surface area contributed by atoms with Crippen molar-refractivity contribution in [2.24, 2.45) is 5.92 Å². The second kappa shape index (κ2) is 6.16. The van der Waals surface area contributed by atoms with E-state index < -0.39 is 0 Å². The second-order valence-corrected chi connectivity index (χ2v) is 6.48. The van der Waals surface area contributed by atoms with Crippen LogP contribution in [0.15, 0.2) is 48.5 Å². The molecular weight excluding hydrogens is 316 g/mol. The van der Waals surface area contributed by atoms with Gasteiger partial charge in [0.25, 0.3) is 11.8 Å². The first kappa shape index (κ1) is 15.6. The molecular formula is C20H18N2O3. The first-order valence-corrected chi connectivity index (χ1v) is 8.54. The molecule has 126 valence electrons. The standard InChI is InChI=1S/C20H18N2O3/c23-18(13-7-1-2-8-13)21-16-11-5-6-12-17(16)22-19(24)14-9-3-4-10-15(14)20(22)25/h3-6,9-13H,1-2,7-8H2,(H,21,23). The molecule has 0 aromatic heterocycles. The van der Waals surface area contributed by atoms with E-state index in [1.165, 1.54) is 0 Å². The number of hydrogen-bond acceptors (Lipinski definition) is 3. The molecule has 0 saturated heterocycles. The molecule has 1 aliphatic heterocycles. The topological polar surface area (TPSA) is 66.5 Å². The molecule has 5 heteroatoms. The Balaban J connectivity index is 1.67. The highest BCUT2D eigenvalue weighted by atomic mass is 16.2. The van der Waals surface area contributed by atoms with Crippen molar-refractivity contribution >= 4 is 29.1 Å².